The van der Waals surface area contributed by atoms with E-state index in [2.05, 4.69) is 89.6 Å². The third-order valence-electron chi connectivity index (χ3n) is 8.95. The summed E-state index contributed by atoms with van der Waals surface area (Å²) < 4.78 is 0. The van der Waals surface area contributed by atoms with Crippen molar-refractivity contribution in [3.8, 4) is 0 Å². The van der Waals surface area contributed by atoms with E-state index in [-0.39, 0.29) is 0 Å². The van der Waals surface area contributed by atoms with Gasteiger partial charge in [-0.15, -0.1) is 0 Å². The van der Waals surface area contributed by atoms with Crippen LogP contribution in [0.15, 0.2) is 24.3 Å². The van der Waals surface area contributed by atoms with Gasteiger partial charge >= 0.3 is 0 Å². The Kier molecular flexibility index (Phi) is 7.35. The summed E-state index contributed by atoms with van der Waals surface area (Å²) in [6, 6.07) is 9.21. The number of hydrogen-bond donors (Lipinski definition) is 2. The van der Waals surface area contributed by atoms with Crippen molar-refractivity contribution in [3.05, 3.63) is 69.3 Å². The highest BCUT2D eigenvalue weighted by Crippen LogP contribution is 2.41. The van der Waals surface area contributed by atoms with E-state index in [9.17, 15) is 0 Å². The van der Waals surface area contributed by atoms with Gasteiger partial charge in [0.25, 0.3) is 0 Å². The molecule has 0 fully saturated rings. The minimum atomic E-state index is 0.384. The summed E-state index contributed by atoms with van der Waals surface area (Å²) in [5.74, 6) is 0.808. The van der Waals surface area contributed by atoms with Gasteiger partial charge in [0.05, 0.1) is 11.4 Å². The number of nitrogens with zero attached hydrogens (tertiary/aromatic N) is 2. The van der Waals surface area contributed by atoms with Crippen LogP contribution in [0.4, 0.5) is 0 Å². The average Bonchev–Trinajstić information content (AvgIpc) is 3.55. The lowest BCUT2D eigenvalue weighted by Gasteiger charge is -2.14. The number of fused-ring (bicyclic) bond motifs is 8. The van der Waals surface area contributed by atoms with Gasteiger partial charge in [-0.25, -0.2) is 4.98 Å². The van der Waals surface area contributed by atoms with Gasteiger partial charge in [0.15, 0.2) is 0 Å². The van der Waals surface area contributed by atoms with Gasteiger partial charge in [-0.2, -0.15) is 0 Å². The molecular weight excluding hydrogens is 464 g/mol. The minimum absolute atomic E-state index is 0.384. The van der Waals surface area contributed by atoms with E-state index < -0.39 is 0 Å². The molecule has 0 aromatic carbocycles. The molecule has 2 N–H and O–H groups in total. The van der Waals surface area contributed by atoms with Crippen LogP contribution in [-0.4, -0.2) is 19.9 Å². The smallest absolute Gasteiger partial charge is 0.0690 e. The molecule has 0 unspecified atom stereocenters. The van der Waals surface area contributed by atoms with Crippen molar-refractivity contribution < 1.29 is 0 Å². The molecule has 0 spiro atoms. The molecule has 200 valence electrons. The zero-order valence-electron chi connectivity index (χ0n) is 24.6. The van der Waals surface area contributed by atoms with Crippen LogP contribution < -0.4 is 0 Å². The van der Waals surface area contributed by atoms with Crippen LogP contribution in [0.25, 0.3) is 33.2 Å². The van der Waals surface area contributed by atoms with Crippen molar-refractivity contribution in [1.82, 2.24) is 19.9 Å². The van der Waals surface area contributed by atoms with Crippen LogP contribution in [0.5, 0.6) is 0 Å². The van der Waals surface area contributed by atoms with Crippen LogP contribution in [0, 0.1) is 13.8 Å². The van der Waals surface area contributed by atoms with E-state index in [1.165, 1.54) is 61.3 Å². The lowest BCUT2D eigenvalue weighted by molar-refractivity contribution is 0.549. The van der Waals surface area contributed by atoms with E-state index in [4.69, 9.17) is 9.97 Å². The summed E-state index contributed by atoms with van der Waals surface area (Å²) in [6.45, 7) is 18.1. The number of rotatable bonds is 6. The second-order valence-corrected chi connectivity index (χ2v) is 11.3. The zero-order valence-corrected chi connectivity index (χ0v) is 24.6. The number of hydrogen-bond acceptors (Lipinski definition) is 2. The zero-order chi connectivity index (χ0) is 27.1. The number of nitrogens with one attached hydrogen (secondary N) is 2. The van der Waals surface area contributed by atoms with Crippen molar-refractivity contribution in [2.24, 2.45) is 0 Å². The van der Waals surface area contributed by atoms with E-state index in [1.54, 1.807) is 0 Å². The molecule has 4 heteroatoms. The second kappa shape index (κ2) is 10.6. The molecule has 38 heavy (non-hydrogen) atoms. The molecule has 0 amide bonds. The highest BCUT2D eigenvalue weighted by molar-refractivity contribution is 5.92. The van der Waals surface area contributed by atoms with E-state index in [0.29, 0.717) is 11.8 Å². The van der Waals surface area contributed by atoms with Crippen molar-refractivity contribution in [2.45, 2.75) is 106 Å². The fourth-order valence-electron chi connectivity index (χ4n) is 6.63. The first kappa shape index (κ1) is 26.5. The maximum Gasteiger partial charge on any atom is 0.0690 e. The van der Waals surface area contributed by atoms with Crippen LogP contribution in [-0.2, 0) is 12.8 Å². The predicted octanol–water partition coefficient (Wildman–Crippen LogP) is 9.47. The van der Waals surface area contributed by atoms with E-state index >= 15 is 0 Å². The van der Waals surface area contributed by atoms with Gasteiger partial charge in [0.1, 0.15) is 0 Å². The summed E-state index contributed by atoms with van der Waals surface area (Å²) in [7, 11) is 0. The first-order valence-corrected chi connectivity index (χ1v) is 14.7. The van der Waals surface area contributed by atoms with Crippen molar-refractivity contribution in [3.63, 3.8) is 0 Å². The molecule has 4 nitrogen and oxygen atoms in total. The molecule has 0 saturated heterocycles. The Balaban J connectivity index is 1.95. The van der Waals surface area contributed by atoms with Crippen LogP contribution in [0.2, 0.25) is 0 Å². The van der Waals surface area contributed by atoms with Crippen LogP contribution >= 0.6 is 0 Å². The van der Waals surface area contributed by atoms with Gasteiger partial charge in [-0.05, 0) is 104 Å². The van der Waals surface area contributed by atoms with Gasteiger partial charge in [-0.3, -0.25) is 4.98 Å². The summed E-state index contributed by atoms with van der Waals surface area (Å²) in [5.41, 5.74) is 17.4. The molecule has 0 saturated carbocycles. The van der Waals surface area contributed by atoms with Crippen molar-refractivity contribution in [2.75, 3.05) is 0 Å². The Morgan fingerprint density at radius 1 is 0.684 bits per heavy atom. The molecule has 3 aromatic rings. The molecule has 2 atom stereocenters. The third-order valence-corrected chi connectivity index (χ3v) is 8.95. The number of aromatic amines is 2. The maximum absolute atomic E-state index is 5.29. The Bertz CT molecular complexity index is 1560. The topological polar surface area (TPSA) is 57.4 Å². The Labute approximate surface area is 228 Å². The van der Waals surface area contributed by atoms with Crippen molar-refractivity contribution in [1.29, 1.82) is 0 Å². The first-order chi connectivity index (χ1) is 18.3. The molecule has 2 aliphatic rings. The van der Waals surface area contributed by atoms with Crippen molar-refractivity contribution >= 4 is 33.2 Å². The van der Waals surface area contributed by atoms with Gasteiger partial charge < -0.3 is 9.97 Å². The highest BCUT2D eigenvalue weighted by atomic mass is 14.8. The van der Waals surface area contributed by atoms with Gasteiger partial charge in [-0.1, -0.05) is 47.5 Å². The Morgan fingerprint density at radius 3 is 1.92 bits per heavy atom. The summed E-state index contributed by atoms with van der Waals surface area (Å²) in [4.78, 5) is 18.1. The second-order valence-electron chi connectivity index (χ2n) is 11.3. The highest BCUT2D eigenvalue weighted by Gasteiger charge is 2.29. The quantitative estimate of drug-likeness (QED) is 0.348. The first-order valence-electron chi connectivity index (χ1n) is 14.7. The average molecular weight is 509 g/mol. The molecule has 0 radical (unpaired) electrons. The number of aryl methyl sites for hydroxylation is 4. The minimum Gasteiger partial charge on any atom is -0.355 e. The lowest BCUT2D eigenvalue weighted by atomic mass is 9.87. The largest absolute Gasteiger partial charge is 0.355 e. The molecule has 5 heterocycles. The maximum atomic E-state index is 5.29. The Hall–Kier alpha value is -3.14. The molecule has 5 rings (SSSR count). The normalized spacial score (nSPS) is 17.5. The number of H-pyrrole nitrogens is 2. The van der Waals surface area contributed by atoms with Gasteiger partial charge in [0, 0.05) is 45.3 Å². The molecular formula is C34H44N4. The summed E-state index contributed by atoms with van der Waals surface area (Å²) >= 11 is 0. The van der Waals surface area contributed by atoms with E-state index in [0.717, 1.165) is 55.4 Å². The molecule has 3 aromatic heterocycles. The van der Waals surface area contributed by atoms with E-state index in [1.807, 2.05) is 0 Å². The molecule has 8 bridgehead atoms. The van der Waals surface area contributed by atoms with Crippen LogP contribution in [0.1, 0.15) is 124 Å². The standard InChI is InChI=1S/C34H44N4/c1-9-13-25-21(7)28-15-27-19(5)23(11-3)31(35-27)16-29-20(6)24(12-4)32(36-29)17-30-22(8)26(14-10-2)34(38-30)18-33(25)37-28/h15-18,22,26,35-36H,9-14H2,1-8H3/t22-,26-/m0/s1. The molecule has 0 aliphatic carbocycles. The Morgan fingerprint density at radius 2 is 1.32 bits per heavy atom. The number of aromatic nitrogens is 4. The monoisotopic (exact) mass is 508 g/mol. The summed E-state index contributed by atoms with van der Waals surface area (Å²) in [6.07, 6.45) is 6.42. The SMILES string of the molecule is CCCC1=C(C)c2cc3[nH]c(cc4[nH]c(cc5nc(cc1n2)[C@@H](CCC)[C@@H]5C)c(CC)c4C)c(CC)c3C. The molecule has 2 aliphatic heterocycles. The van der Waals surface area contributed by atoms with Gasteiger partial charge in [0.2, 0.25) is 0 Å². The number of allylic oxidation sites excluding steroid dienone is 2. The predicted molar refractivity (Wildman–Crippen MR) is 163 cm³/mol. The third kappa shape index (κ3) is 4.42. The fraction of sp³-hybridized carbons (Fsp3) is 0.471. The fourth-order valence-corrected chi connectivity index (χ4v) is 6.63. The van der Waals surface area contributed by atoms with Crippen LogP contribution in [0.3, 0.4) is 0 Å². The lowest BCUT2D eigenvalue weighted by Crippen LogP contribution is -2.01. The summed E-state index contributed by atoms with van der Waals surface area (Å²) in [5, 5.41) is 0.